The van der Waals surface area contributed by atoms with Crippen molar-refractivity contribution in [2.45, 2.75) is 6.54 Å². The highest BCUT2D eigenvalue weighted by Gasteiger charge is 2.35. The Kier molecular flexibility index (Phi) is 6.05. The molecular weight excluding hydrogens is 477 g/mol. The number of phenols is 1. The molecule has 3 rings (SSSR count). The van der Waals surface area contributed by atoms with Crippen molar-refractivity contribution < 1.29 is 19.4 Å². The van der Waals surface area contributed by atoms with Crippen molar-refractivity contribution in [1.29, 1.82) is 0 Å². The molecule has 27 heavy (non-hydrogen) atoms. The predicted molar refractivity (Wildman–Crippen MR) is 110 cm³/mol. The first-order valence-electron chi connectivity index (χ1n) is 7.56. The number of phenolic OH excluding ortho intramolecular Hbond substituents is 1. The molecule has 9 heteroatoms. The average Bonchev–Trinajstić information content (AvgIpc) is 2.88. The van der Waals surface area contributed by atoms with Gasteiger partial charge in [0.15, 0.2) is 11.5 Å². The average molecular weight is 489 g/mol. The maximum Gasteiger partial charge on any atom is 0.293 e. The number of hydrogen-bond acceptors (Lipinski definition) is 5. The van der Waals surface area contributed by atoms with Gasteiger partial charge in [0.1, 0.15) is 0 Å². The number of carbonyl (C=O) groups is 2. The van der Waals surface area contributed by atoms with Crippen molar-refractivity contribution in [3.8, 4) is 11.5 Å². The summed E-state index contributed by atoms with van der Waals surface area (Å²) in [4.78, 5) is 26.3. The molecular formula is C18H12BrCl2NO4S. The van der Waals surface area contributed by atoms with E-state index < -0.39 is 11.1 Å². The van der Waals surface area contributed by atoms with Crippen LogP contribution in [-0.2, 0) is 11.3 Å². The van der Waals surface area contributed by atoms with E-state index >= 15 is 0 Å². The van der Waals surface area contributed by atoms with Gasteiger partial charge < -0.3 is 9.84 Å². The molecule has 0 saturated carbocycles. The molecule has 140 valence electrons. The number of aromatic hydroxyl groups is 1. The Balaban J connectivity index is 1.89. The first-order valence-corrected chi connectivity index (χ1v) is 9.92. The Morgan fingerprint density at radius 1 is 1.22 bits per heavy atom. The fraction of sp³-hybridized carbons (Fsp3) is 0.111. The molecule has 1 fully saturated rings. The number of nitrogens with zero attached hydrogens (tertiary/aromatic N) is 1. The monoisotopic (exact) mass is 487 g/mol. The Hall–Kier alpha value is -1.67. The maximum atomic E-state index is 12.7. The molecule has 2 aromatic carbocycles. The molecule has 2 amide bonds. The van der Waals surface area contributed by atoms with E-state index in [0.717, 1.165) is 16.7 Å². The summed E-state index contributed by atoms with van der Waals surface area (Å²) < 4.78 is 5.76. The molecule has 0 spiro atoms. The second-order valence-electron chi connectivity index (χ2n) is 5.56. The van der Waals surface area contributed by atoms with Gasteiger partial charge in [-0.25, -0.2) is 0 Å². The minimum Gasteiger partial charge on any atom is -0.504 e. The third-order valence-electron chi connectivity index (χ3n) is 3.77. The largest absolute Gasteiger partial charge is 0.504 e. The van der Waals surface area contributed by atoms with Crippen LogP contribution in [0.15, 0.2) is 39.7 Å². The van der Waals surface area contributed by atoms with Gasteiger partial charge in [0.25, 0.3) is 11.1 Å². The van der Waals surface area contributed by atoms with E-state index in [4.69, 9.17) is 27.9 Å². The van der Waals surface area contributed by atoms with Crippen LogP contribution < -0.4 is 4.74 Å². The molecule has 0 radical (unpaired) electrons. The molecule has 0 atom stereocenters. The van der Waals surface area contributed by atoms with E-state index in [1.165, 1.54) is 13.2 Å². The number of thioether (sulfide) groups is 1. The van der Waals surface area contributed by atoms with Crippen molar-refractivity contribution >= 4 is 68.1 Å². The molecule has 1 N–H and O–H groups in total. The predicted octanol–water partition coefficient (Wildman–Crippen LogP) is 5.71. The highest BCUT2D eigenvalue weighted by atomic mass is 79.9. The van der Waals surface area contributed by atoms with Crippen LogP contribution in [0.25, 0.3) is 6.08 Å². The van der Waals surface area contributed by atoms with Gasteiger partial charge in [-0.05, 0) is 47.7 Å². The molecule has 0 aromatic heterocycles. The van der Waals surface area contributed by atoms with Crippen LogP contribution in [-0.4, -0.2) is 28.3 Å². The highest BCUT2D eigenvalue weighted by Crippen LogP contribution is 2.39. The van der Waals surface area contributed by atoms with E-state index in [9.17, 15) is 14.7 Å². The third kappa shape index (κ3) is 4.27. The van der Waals surface area contributed by atoms with Crippen molar-refractivity contribution in [1.82, 2.24) is 4.90 Å². The molecule has 1 aliphatic heterocycles. The summed E-state index contributed by atoms with van der Waals surface area (Å²) in [6.45, 7) is 0.0761. The van der Waals surface area contributed by atoms with Gasteiger partial charge in [0, 0.05) is 10.0 Å². The number of halogens is 3. The Morgan fingerprint density at radius 3 is 2.63 bits per heavy atom. The number of amides is 2. The SMILES string of the molecule is COc1cc(Br)cc(/C=C2\SC(=O)N(Cc3ccc(Cl)c(Cl)c3)C2=O)c1O. The zero-order chi connectivity index (χ0) is 19.7. The standard InChI is InChI=1S/C18H12BrCl2NO4S/c1-26-14-7-11(19)5-10(16(14)23)6-15-17(24)22(18(25)27-15)8-9-2-3-12(20)13(21)4-9/h2-7,23H,8H2,1H3/b15-6-. The van der Waals surface area contributed by atoms with Crippen molar-refractivity contribution in [3.63, 3.8) is 0 Å². The lowest BCUT2D eigenvalue weighted by molar-refractivity contribution is -0.123. The molecule has 1 saturated heterocycles. The molecule has 1 aliphatic rings. The minimum atomic E-state index is -0.450. The summed E-state index contributed by atoms with van der Waals surface area (Å²) in [7, 11) is 1.43. The number of methoxy groups -OCH3 is 1. The van der Waals surface area contributed by atoms with Crippen LogP contribution >= 0.6 is 50.9 Å². The van der Waals surface area contributed by atoms with E-state index in [-0.39, 0.29) is 22.9 Å². The van der Waals surface area contributed by atoms with Gasteiger partial charge in [-0.3, -0.25) is 14.5 Å². The maximum absolute atomic E-state index is 12.7. The zero-order valence-electron chi connectivity index (χ0n) is 13.8. The Morgan fingerprint density at radius 2 is 1.96 bits per heavy atom. The first-order chi connectivity index (χ1) is 12.8. The number of benzene rings is 2. The first kappa shape index (κ1) is 20.1. The summed E-state index contributed by atoms with van der Waals surface area (Å²) in [6.07, 6.45) is 1.46. The summed E-state index contributed by atoms with van der Waals surface area (Å²) in [6, 6.07) is 8.15. The van der Waals surface area contributed by atoms with Gasteiger partial charge in [-0.1, -0.05) is 45.2 Å². The van der Waals surface area contributed by atoms with Gasteiger partial charge in [0.05, 0.1) is 28.6 Å². The topological polar surface area (TPSA) is 66.8 Å². The summed E-state index contributed by atoms with van der Waals surface area (Å²) in [5, 5.41) is 10.6. The number of ether oxygens (including phenoxy) is 1. The second-order valence-corrected chi connectivity index (χ2v) is 8.29. The fourth-order valence-corrected chi connectivity index (χ4v) is 4.06. The van der Waals surface area contributed by atoms with Crippen molar-refractivity contribution in [2.24, 2.45) is 0 Å². The molecule has 1 heterocycles. The number of rotatable bonds is 4. The summed E-state index contributed by atoms with van der Waals surface area (Å²) in [5.74, 6) is -0.308. The lowest BCUT2D eigenvalue weighted by atomic mass is 10.1. The van der Waals surface area contributed by atoms with Gasteiger partial charge >= 0.3 is 0 Å². The molecule has 0 bridgehead atoms. The van der Waals surface area contributed by atoms with Gasteiger partial charge in [-0.15, -0.1) is 0 Å². The number of carbonyl (C=O) groups excluding carboxylic acids is 2. The van der Waals surface area contributed by atoms with Gasteiger partial charge in [0.2, 0.25) is 0 Å². The quantitative estimate of drug-likeness (QED) is 0.558. The Bertz CT molecular complexity index is 980. The van der Waals surface area contributed by atoms with Crippen LogP contribution in [0.2, 0.25) is 10.0 Å². The van der Waals surface area contributed by atoms with E-state index in [1.54, 1.807) is 30.3 Å². The molecule has 2 aromatic rings. The summed E-state index contributed by atoms with van der Waals surface area (Å²) in [5.41, 5.74) is 1.04. The van der Waals surface area contributed by atoms with E-state index in [0.29, 0.717) is 25.6 Å². The Labute approximate surface area is 178 Å². The second kappa shape index (κ2) is 8.14. The van der Waals surface area contributed by atoms with Crippen LogP contribution in [0.3, 0.4) is 0 Å². The van der Waals surface area contributed by atoms with Gasteiger partial charge in [-0.2, -0.15) is 0 Å². The lowest BCUT2D eigenvalue weighted by Crippen LogP contribution is -2.27. The van der Waals surface area contributed by atoms with E-state index in [1.807, 2.05) is 0 Å². The van der Waals surface area contributed by atoms with Crippen molar-refractivity contribution in [3.05, 3.63) is 60.9 Å². The van der Waals surface area contributed by atoms with Crippen molar-refractivity contribution in [2.75, 3.05) is 7.11 Å². The smallest absolute Gasteiger partial charge is 0.293 e. The number of imide groups is 1. The third-order valence-corrected chi connectivity index (χ3v) is 5.88. The lowest BCUT2D eigenvalue weighted by Gasteiger charge is -2.13. The summed E-state index contributed by atoms with van der Waals surface area (Å²) >= 11 is 16.0. The highest BCUT2D eigenvalue weighted by molar-refractivity contribution is 9.10. The zero-order valence-corrected chi connectivity index (χ0v) is 17.7. The van der Waals surface area contributed by atoms with Crippen LogP contribution in [0.1, 0.15) is 11.1 Å². The molecule has 5 nitrogen and oxygen atoms in total. The molecule has 0 aliphatic carbocycles. The van der Waals surface area contributed by atoms with Crippen LogP contribution in [0, 0.1) is 0 Å². The fourth-order valence-electron chi connectivity index (χ4n) is 2.46. The number of hydrogen-bond donors (Lipinski definition) is 1. The van der Waals surface area contributed by atoms with Crippen LogP contribution in [0.4, 0.5) is 4.79 Å². The minimum absolute atomic E-state index is 0.0761. The van der Waals surface area contributed by atoms with E-state index in [2.05, 4.69) is 15.9 Å². The molecule has 0 unspecified atom stereocenters. The van der Waals surface area contributed by atoms with Crippen LogP contribution in [0.5, 0.6) is 11.5 Å². The normalized spacial score (nSPS) is 15.7.